The van der Waals surface area contributed by atoms with E-state index in [0.717, 1.165) is 56.0 Å². The number of hydrogen-bond acceptors (Lipinski definition) is 4. The third kappa shape index (κ3) is 3.02. The fourth-order valence-corrected chi connectivity index (χ4v) is 3.89. The minimum atomic E-state index is -0.419. The van der Waals surface area contributed by atoms with Crippen molar-refractivity contribution in [2.24, 2.45) is 0 Å². The molecular formula is C19H25NO3. The van der Waals surface area contributed by atoms with E-state index in [9.17, 15) is 4.79 Å². The Morgan fingerprint density at radius 3 is 2.78 bits per heavy atom. The molecule has 124 valence electrons. The van der Waals surface area contributed by atoms with Gasteiger partial charge in [-0.05, 0) is 37.0 Å². The number of piperidine rings is 1. The van der Waals surface area contributed by atoms with E-state index in [-0.39, 0.29) is 0 Å². The Bertz CT molecular complexity index is 574. The molecule has 3 aliphatic rings. The first-order chi connectivity index (χ1) is 11.3. The van der Waals surface area contributed by atoms with Gasteiger partial charge in [-0.2, -0.15) is 0 Å². The summed E-state index contributed by atoms with van der Waals surface area (Å²) in [5, 5.41) is 0. The van der Waals surface area contributed by atoms with Crippen molar-refractivity contribution in [1.82, 2.24) is 4.90 Å². The Labute approximate surface area is 137 Å². The van der Waals surface area contributed by atoms with Crippen molar-refractivity contribution in [3.8, 4) is 5.75 Å². The summed E-state index contributed by atoms with van der Waals surface area (Å²) >= 11 is 0. The summed E-state index contributed by atoms with van der Waals surface area (Å²) in [6, 6.07) is 7.06. The van der Waals surface area contributed by atoms with E-state index in [1.165, 1.54) is 24.8 Å². The van der Waals surface area contributed by atoms with Crippen LogP contribution in [-0.4, -0.2) is 36.1 Å². The summed E-state index contributed by atoms with van der Waals surface area (Å²) in [7, 11) is 0. The van der Waals surface area contributed by atoms with Crippen LogP contribution in [0.5, 0.6) is 5.75 Å². The van der Waals surface area contributed by atoms with E-state index in [2.05, 4.69) is 23.1 Å². The summed E-state index contributed by atoms with van der Waals surface area (Å²) in [6.07, 6.45) is 8.35. The standard InChI is InChI=1S/C19H25NO3/c21-12-2-3-15-6-7-18-16(13-15)14-22-19(23-18)8-10-20(11-9-19)17-4-1-5-17/h6-7,12-13,17H,1-5,8-11,14H2. The van der Waals surface area contributed by atoms with Gasteiger partial charge in [-0.1, -0.05) is 12.5 Å². The topological polar surface area (TPSA) is 38.8 Å². The predicted octanol–water partition coefficient (Wildman–Crippen LogP) is 3.07. The van der Waals surface area contributed by atoms with Gasteiger partial charge in [-0.15, -0.1) is 0 Å². The zero-order valence-corrected chi connectivity index (χ0v) is 13.6. The van der Waals surface area contributed by atoms with Gasteiger partial charge in [0.15, 0.2) is 0 Å². The van der Waals surface area contributed by atoms with Crippen LogP contribution in [0, 0.1) is 0 Å². The molecule has 2 heterocycles. The second-order valence-corrected chi connectivity index (χ2v) is 7.07. The van der Waals surface area contributed by atoms with Crippen LogP contribution in [0.2, 0.25) is 0 Å². The van der Waals surface area contributed by atoms with Crippen molar-refractivity contribution >= 4 is 6.29 Å². The van der Waals surface area contributed by atoms with E-state index in [1.54, 1.807) is 0 Å². The molecule has 1 saturated heterocycles. The molecule has 4 heteroatoms. The molecular weight excluding hydrogens is 290 g/mol. The highest BCUT2D eigenvalue weighted by atomic mass is 16.7. The van der Waals surface area contributed by atoms with Gasteiger partial charge in [-0.3, -0.25) is 4.90 Å². The second kappa shape index (κ2) is 6.25. The zero-order valence-electron chi connectivity index (χ0n) is 13.6. The summed E-state index contributed by atoms with van der Waals surface area (Å²) in [5.41, 5.74) is 2.29. The van der Waals surface area contributed by atoms with E-state index in [0.29, 0.717) is 13.0 Å². The van der Waals surface area contributed by atoms with E-state index >= 15 is 0 Å². The Morgan fingerprint density at radius 1 is 1.26 bits per heavy atom. The Kier molecular flexibility index (Phi) is 4.12. The number of ether oxygens (including phenoxy) is 2. The minimum absolute atomic E-state index is 0.419. The molecule has 4 rings (SSSR count). The number of aldehydes is 1. The van der Waals surface area contributed by atoms with Crippen LogP contribution in [0.25, 0.3) is 0 Å². The molecule has 0 aromatic heterocycles. The van der Waals surface area contributed by atoms with Crippen molar-refractivity contribution in [3.63, 3.8) is 0 Å². The first-order valence-electron chi connectivity index (χ1n) is 8.90. The van der Waals surface area contributed by atoms with Crippen molar-refractivity contribution in [1.29, 1.82) is 0 Å². The van der Waals surface area contributed by atoms with Crippen molar-refractivity contribution in [2.45, 2.75) is 63.4 Å². The molecule has 1 aromatic rings. The number of hydrogen-bond donors (Lipinski definition) is 0. The maximum atomic E-state index is 10.5. The third-order valence-corrected chi connectivity index (χ3v) is 5.61. The summed E-state index contributed by atoms with van der Waals surface area (Å²) in [6.45, 7) is 2.78. The highest BCUT2D eigenvalue weighted by Gasteiger charge is 2.42. The van der Waals surface area contributed by atoms with Crippen molar-refractivity contribution < 1.29 is 14.3 Å². The third-order valence-electron chi connectivity index (χ3n) is 5.61. The van der Waals surface area contributed by atoms with Crippen LogP contribution in [0.4, 0.5) is 0 Å². The van der Waals surface area contributed by atoms with Crippen LogP contribution in [-0.2, 0) is 22.6 Å². The normalized spacial score (nSPS) is 23.8. The highest BCUT2D eigenvalue weighted by molar-refractivity contribution is 5.50. The minimum Gasteiger partial charge on any atom is -0.462 e. The monoisotopic (exact) mass is 315 g/mol. The first kappa shape index (κ1) is 15.2. The lowest BCUT2D eigenvalue weighted by molar-refractivity contribution is -0.231. The molecule has 0 amide bonds. The van der Waals surface area contributed by atoms with Gasteiger partial charge in [0.1, 0.15) is 12.0 Å². The SMILES string of the molecule is O=CCCc1ccc2c(c1)COC1(CCN(C3CCC3)CC1)O2. The molecule has 4 nitrogen and oxygen atoms in total. The van der Waals surface area contributed by atoms with E-state index < -0.39 is 5.79 Å². The Hall–Kier alpha value is -1.39. The molecule has 1 spiro atoms. The molecule has 0 N–H and O–H groups in total. The number of fused-ring (bicyclic) bond motifs is 1. The van der Waals surface area contributed by atoms with Gasteiger partial charge in [0.2, 0.25) is 5.79 Å². The fraction of sp³-hybridized carbons (Fsp3) is 0.632. The molecule has 1 aliphatic carbocycles. The molecule has 0 radical (unpaired) electrons. The number of aryl methyl sites for hydroxylation is 1. The van der Waals surface area contributed by atoms with E-state index in [1.807, 2.05) is 0 Å². The van der Waals surface area contributed by atoms with Gasteiger partial charge in [0.05, 0.1) is 6.61 Å². The lowest BCUT2D eigenvalue weighted by atomic mass is 9.89. The average molecular weight is 315 g/mol. The highest BCUT2D eigenvalue weighted by Crippen LogP contribution is 2.39. The van der Waals surface area contributed by atoms with Gasteiger partial charge in [0, 0.05) is 44.0 Å². The summed E-state index contributed by atoms with van der Waals surface area (Å²) in [4.78, 5) is 13.1. The van der Waals surface area contributed by atoms with Gasteiger partial charge in [-0.25, -0.2) is 0 Å². The number of rotatable bonds is 4. The van der Waals surface area contributed by atoms with Gasteiger partial charge >= 0.3 is 0 Å². The smallest absolute Gasteiger partial charge is 0.213 e. The lowest BCUT2D eigenvalue weighted by Gasteiger charge is -2.47. The largest absolute Gasteiger partial charge is 0.462 e. The molecule has 0 atom stereocenters. The number of carbonyl (C=O) groups excluding carboxylic acids is 1. The predicted molar refractivity (Wildman–Crippen MR) is 87.4 cm³/mol. The van der Waals surface area contributed by atoms with Crippen molar-refractivity contribution in [2.75, 3.05) is 13.1 Å². The number of carbonyl (C=O) groups is 1. The zero-order chi connectivity index (χ0) is 15.7. The maximum Gasteiger partial charge on any atom is 0.213 e. The van der Waals surface area contributed by atoms with Gasteiger partial charge in [0.25, 0.3) is 0 Å². The number of benzene rings is 1. The molecule has 2 fully saturated rings. The Morgan fingerprint density at radius 2 is 2.09 bits per heavy atom. The fourth-order valence-electron chi connectivity index (χ4n) is 3.89. The second-order valence-electron chi connectivity index (χ2n) is 7.07. The first-order valence-corrected chi connectivity index (χ1v) is 8.90. The molecule has 1 aromatic carbocycles. The Balaban J connectivity index is 1.41. The van der Waals surface area contributed by atoms with Crippen LogP contribution in [0.1, 0.15) is 49.7 Å². The number of likely N-dealkylation sites (tertiary alicyclic amines) is 1. The van der Waals surface area contributed by atoms with Crippen LogP contribution in [0.15, 0.2) is 18.2 Å². The van der Waals surface area contributed by atoms with Crippen LogP contribution in [0.3, 0.4) is 0 Å². The molecule has 23 heavy (non-hydrogen) atoms. The van der Waals surface area contributed by atoms with E-state index in [4.69, 9.17) is 9.47 Å². The van der Waals surface area contributed by atoms with Crippen LogP contribution < -0.4 is 4.74 Å². The van der Waals surface area contributed by atoms with Crippen LogP contribution >= 0.6 is 0 Å². The maximum absolute atomic E-state index is 10.5. The summed E-state index contributed by atoms with van der Waals surface area (Å²) < 4.78 is 12.4. The quantitative estimate of drug-likeness (QED) is 0.801. The average Bonchev–Trinajstić information content (AvgIpc) is 2.54. The van der Waals surface area contributed by atoms with Crippen molar-refractivity contribution in [3.05, 3.63) is 29.3 Å². The summed E-state index contributed by atoms with van der Waals surface area (Å²) in [5.74, 6) is 0.542. The molecule has 2 aliphatic heterocycles. The molecule has 1 saturated carbocycles. The molecule has 0 bridgehead atoms. The molecule has 0 unspecified atom stereocenters. The van der Waals surface area contributed by atoms with Gasteiger partial charge < -0.3 is 14.3 Å². The lowest BCUT2D eigenvalue weighted by Crippen LogP contribution is -2.54. The number of nitrogens with zero attached hydrogens (tertiary/aromatic N) is 1.